The quantitative estimate of drug-likeness (QED) is 0.113. The number of rotatable bonds is 12. The fraction of sp³-hybridized carbons (Fsp3) is 0.261. The molecule has 12 nitrogen and oxygen atoms in total. The SMILES string of the molecule is CCCON=C(C(=O)NC1C(=O)N2C(C(=O)O)=C(SC=Cc3cccnc3)CS[C@@H]12)c1csc(NC=O)n1. The Bertz CT molecular complexity index is 1310. The van der Waals surface area contributed by atoms with Crippen molar-refractivity contribution in [3.8, 4) is 0 Å². The summed E-state index contributed by atoms with van der Waals surface area (Å²) < 4.78 is 0. The standard InChI is InChI=1S/C23H22N6O6S3/c1-2-7-35-28-16(14-10-38-23(26-14)25-12-30)19(31)27-17-20(32)29-18(22(33)34)15(11-37-21(17)29)36-8-5-13-4-3-6-24-9-13/h3-6,8-10,12,17,21H,2,7,11H2,1H3,(H,27,31)(H,33,34)(H,25,26,30)/t17?,21-/m0/s1. The maximum Gasteiger partial charge on any atom is 0.353 e. The number of aliphatic carboxylic acids is 1. The van der Waals surface area contributed by atoms with Gasteiger partial charge in [-0.1, -0.05) is 29.9 Å². The molecule has 198 valence electrons. The Balaban J connectivity index is 1.48. The molecule has 4 rings (SSSR count). The zero-order chi connectivity index (χ0) is 27.1. The van der Waals surface area contributed by atoms with Crippen molar-refractivity contribution in [3.63, 3.8) is 0 Å². The number of β-lactam (4-membered cyclic amide) rings is 1. The van der Waals surface area contributed by atoms with Crippen LogP contribution in [0.1, 0.15) is 24.6 Å². The van der Waals surface area contributed by atoms with Crippen molar-refractivity contribution in [1.29, 1.82) is 0 Å². The molecule has 4 heterocycles. The number of carboxylic acids is 1. The van der Waals surface area contributed by atoms with Crippen LogP contribution in [0.25, 0.3) is 6.08 Å². The number of aromatic nitrogens is 2. The van der Waals surface area contributed by atoms with E-state index < -0.39 is 29.2 Å². The molecule has 3 amide bonds. The van der Waals surface area contributed by atoms with Crippen LogP contribution in [-0.2, 0) is 24.0 Å². The van der Waals surface area contributed by atoms with E-state index in [1.165, 1.54) is 33.8 Å². The summed E-state index contributed by atoms with van der Waals surface area (Å²) in [5.41, 5.74) is 0.759. The fourth-order valence-electron chi connectivity index (χ4n) is 3.47. The molecular formula is C23H22N6O6S3. The Hall–Kier alpha value is -3.69. The van der Waals surface area contributed by atoms with Crippen LogP contribution >= 0.6 is 34.9 Å². The van der Waals surface area contributed by atoms with Crippen molar-refractivity contribution < 1.29 is 29.1 Å². The van der Waals surface area contributed by atoms with Gasteiger partial charge in [0.2, 0.25) is 6.41 Å². The lowest BCUT2D eigenvalue weighted by molar-refractivity contribution is -0.150. The maximum atomic E-state index is 13.1. The summed E-state index contributed by atoms with van der Waals surface area (Å²) >= 11 is 3.66. The van der Waals surface area contributed by atoms with Crippen molar-refractivity contribution >= 4 is 76.0 Å². The highest BCUT2D eigenvalue weighted by Gasteiger charge is 2.54. The van der Waals surface area contributed by atoms with Crippen LogP contribution < -0.4 is 10.6 Å². The summed E-state index contributed by atoms with van der Waals surface area (Å²) in [6.07, 6.45) is 6.26. The Kier molecular flexibility index (Phi) is 9.15. The molecule has 3 N–H and O–H groups in total. The number of carboxylic acid groups (broad SMARTS) is 1. The number of hydrogen-bond donors (Lipinski definition) is 3. The lowest BCUT2D eigenvalue weighted by atomic mass is 10.0. The molecule has 0 aromatic carbocycles. The van der Waals surface area contributed by atoms with Gasteiger partial charge in [0.1, 0.15) is 29.4 Å². The zero-order valence-electron chi connectivity index (χ0n) is 19.9. The Labute approximate surface area is 229 Å². The largest absolute Gasteiger partial charge is 0.477 e. The number of thiazole rings is 1. The molecule has 0 bridgehead atoms. The molecule has 2 aromatic rings. The molecule has 2 atom stereocenters. The van der Waals surface area contributed by atoms with Crippen molar-refractivity contribution in [1.82, 2.24) is 20.2 Å². The number of pyridine rings is 1. The van der Waals surface area contributed by atoms with E-state index in [-0.39, 0.29) is 28.8 Å². The number of anilines is 1. The summed E-state index contributed by atoms with van der Waals surface area (Å²) in [4.78, 5) is 64.0. The van der Waals surface area contributed by atoms with Crippen LogP contribution in [-0.4, -0.2) is 73.7 Å². The zero-order valence-corrected chi connectivity index (χ0v) is 22.3. The number of amides is 3. The van der Waals surface area contributed by atoms with E-state index in [1.807, 2.05) is 13.0 Å². The van der Waals surface area contributed by atoms with E-state index in [0.717, 1.165) is 16.9 Å². The molecule has 38 heavy (non-hydrogen) atoms. The molecule has 0 saturated carbocycles. The third kappa shape index (κ3) is 6.06. The summed E-state index contributed by atoms with van der Waals surface area (Å²) in [7, 11) is 0. The number of nitrogens with one attached hydrogen (secondary N) is 2. The third-order valence-corrected chi connectivity index (χ3v) is 8.30. The van der Waals surface area contributed by atoms with Gasteiger partial charge in [-0.3, -0.25) is 24.3 Å². The van der Waals surface area contributed by atoms with Gasteiger partial charge in [-0.25, -0.2) is 9.78 Å². The van der Waals surface area contributed by atoms with Crippen LogP contribution in [0.15, 0.2) is 51.1 Å². The Morgan fingerprint density at radius 2 is 2.26 bits per heavy atom. The summed E-state index contributed by atoms with van der Waals surface area (Å²) in [6, 6.07) is 2.70. The van der Waals surface area contributed by atoms with E-state index in [1.54, 1.807) is 29.9 Å². The highest BCUT2D eigenvalue weighted by atomic mass is 32.2. The minimum Gasteiger partial charge on any atom is -0.477 e. The third-order valence-electron chi connectivity index (χ3n) is 5.17. The molecule has 1 saturated heterocycles. The summed E-state index contributed by atoms with van der Waals surface area (Å²) in [5.74, 6) is -2.13. The van der Waals surface area contributed by atoms with Gasteiger partial charge < -0.3 is 20.6 Å². The Morgan fingerprint density at radius 1 is 1.42 bits per heavy atom. The summed E-state index contributed by atoms with van der Waals surface area (Å²) in [5, 5.41) is 21.8. The van der Waals surface area contributed by atoms with Crippen molar-refractivity contribution in [2.45, 2.75) is 24.8 Å². The van der Waals surface area contributed by atoms with Crippen molar-refractivity contribution in [2.75, 3.05) is 17.7 Å². The predicted molar refractivity (Wildman–Crippen MR) is 145 cm³/mol. The number of oxime groups is 1. The molecule has 15 heteroatoms. The summed E-state index contributed by atoms with van der Waals surface area (Å²) in [6.45, 7) is 2.14. The van der Waals surface area contributed by atoms with Gasteiger partial charge in [0.05, 0.1) is 0 Å². The van der Waals surface area contributed by atoms with Gasteiger partial charge in [0.25, 0.3) is 11.8 Å². The number of carbonyl (C=O) groups excluding carboxylic acids is 3. The van der Waals surface area contributed by atoms with E-state index in [2.05, 4.69) is 25.8 Å². The Morgan fingerprint density at radius 3 is 2.97 bits per heavy atom. The number of hydrogen-bond acceptors (Lipinski definition) is 11. The second-order valence-electron chi connectivity index (χ2n) is 7.72. The normalized spacial score (nSPS) is 19.1. The van der Waals surface area contributed by atoms with Gasteiger partial charge in [0.15, 0.2) is 10.8 Å². The smallest absolute Gasteiger partial charge is 0.353 e. The number of fused-ring (bicyclic) bond motifs is 1. The number of carbonyl (C=O) groups is 4. The molecule has 1 fully saturated rings. The molecule has 2 aliphatic rings. The van der Waals surface area contributed by atoms with Gasteiger partial charge >= 0.3 is 5.97 Å². The van der Waals surface area contributed by atoms with E-state index >= 15 is 0 Å². The number of nitrogens with zero attached hydrogens (tertiary/aromatic N) is 4. The molecule has 0 spiro atoms. The molecule has 0 radical (unpaired) electrons. The topological polar surface area (TPSA) is 163 Å². The van der Waals surface area contributed by atoms with Gasteiger partial charge in [-0.05, 0) is 29.5 Å². The maximum absolute atomic E-state index is 13.1. The monoisotopic (exact) mass is 574 g/mol. The van der Waals surface area contributed by atoms with Gasteiger partial charge in [-0.15, -0.1) is 23.1 Å². The molecule has 1 unspecified atom stereocenters. The highest BCUT2D eigenvalue weighted by molar-refractivity contribution is 8.08. The fourth-order valence-corrected chi connectivity index (χ4v) is 6.48. The predicted octanol–water partition coefficient (Wildman–Crippen LogP) is 2.34. The molecule has 0 aliphatic carbocycles. The van der Waals surface area contributed by atoms with Crippen LogP contribution in [0.4, 0.5) is 5.13 Å². The molecule has 2 aromatic heterocycles. The average molecular weight is 575 g/mol. The van der Waals surface area contributed by atoms with Gasteiger partial charge in [-0.2, -0.15) is 0 Å². The van der Waals surface area contributed by atoms with Crippen molar-refractivity contribution in [3.05, 3.63) is 57.2 Å². The van der Waals surface area contributed by atoms with E-state index in [9.17, 15) is 24.3 Å². The van der Waals surface area contributed by atoms with Gasteiger partial charge in [0, 0.05) is 28.4 Å². The lowest BCUT2D eigenvalue weighted by Crippen LogP contribution is -2.71. The molecular weight excluding hydrogens is 552 g/mol. The minimum absolute atomic E-state index is 0.102. The van der Waals surface area contributed by atoms with E-state index in [0.29, 0.717) is 23.5 Å². The van der Waals surface area contributed by atoms with Crippen molar-refractivity contribution in [2.24, 2.45) is 5.16 Å². The van der Waals surface area contributed by atoms with Crippen LogP contribution in [0.3, 0.4) is 0 Å². The number of thioether (sulfide) groups is 2. The van der Waals surface area contributed by atoms with Crippen LogP contribution in [0, 0.1) is 0 Å². The first-order chi connectivity index (χ1) is 18.4. The first-order valence-electron chi connectivity index (χ1n) is 11.3. The van der Waals surface area contributed by atoms with Crippen LogP contribution in [0.2, 0.25) is 0 Å². The average Bonchev–Trinajstić information content (AvgIpc) is 3.38. The second-order valence-corrected chi connectivity index (χ2v) is 10.7. The highest BCUT2D eigenvalue weighted by Crippen LogP contribution is 2.43. The first-order valence-corrected chi connectivity index (χ1v) is 14.1. The lowest BCUT2D eigenvalue weighted by Gasteiger charge is -2.49. The molecule has 2 aliphatic heterocycles. The second kappa shape index (κ2) is 12.7. The van der Waals surface area contributed by atoms with E-state index in [4.69, 9.17) is 4.84 Å². The first kappa shape index (κ1) is 27.3. The van der Waals surface area contributed by atoms with Crippen LogP contribution in [0.5, 0.6) is 0 Å². The minimum atomic E-state index is -1.22.